The number of hydrogen-bond acceptors (Lipinski definition) is 11. The minimum atomic E-state index is -1.42. The Morgan fingerprint density at radius 1 is 1.02 bits per heavy atom. The fourth-order valence-electron chi connectivity index (χ4n) is 14.6. The Bertz CT molecular complexity index is 1810. The highest BCUT2D eigenvalue weighted by molar-refractivity contribution is 5.92. The van der Waals surface area contributed by atoms with Gasteiger partial charge in [-0.2, -0.15) is 0 Å². The summed E-state index contributed by atoms with van der Waals surface area (Å²) in [6.07, 6.45) is 10.1. The summed E-state index contributed by atoms with van der Waals surface area (Å²) < 4.78 is 32.8. The summed E-state index contributed by atoms with van der Waals surface area (Å²) in [5.41, 5.74) is -5.46. The van der Waals surface area contributed by atoms with Gasteiger partial charge in [0.2, 0.25) is 0 Å². The molecular weight excluding hydrogens is 688 g/mol. The van der Waals surface area contributed by atoms with E-state index in [1.165, 1.54) is 0 Å². The highest BCUT2D eigenvalue weighted by atomic mass is 16.7. The third kappa shape index (κ3) is 4.30. The van der Waals surface area contributed by atoms with Crippen molar-refractivity contribution in [3.05, 3.63) is 23.7 Å². The second kappa shape index (κ2) is 12.1. The summed E-state index contributed by atoms with van der Waals surface area (Å²) in [4.78, 5) is 42.9. The molecule has 13 unspecified atom stereocenters. The lowest BCUT2D eigenvalue weighted by molar-refractivity contribution is -0.294. The molecule has 3 saturated carbocycles. The van der Waals surface area contributed by atoms with E-state index in [9.17, 15) is 14.7 Å². The maximum absolute atomic E-state index is 15.3. The molecule has 11 nitrogen and oxygen atoms in total. The molecule has 13 atom stereocenters. The molecule has 3 N–H and O–H groups in total. The Labute approximate surface area is 317 Å². The molecule has 5 aliphatic heterocycles. The molecule has 5 saturated heterocycles. The predicted molar refractivity (Wildman–Crippen MR) is 193 cm³/mol. The third-order valence-corrected chi connectivity index (χ3v) is 16.5. The van der Waals surface area contributed by atoms with E-state index in [4.69, 9.17) is 23.4 Å². The Balaban J connectivity index is 1.10. The Hall–Kier alpha value is -2.75. The number of aryl methyl sites for hydroxylation is 1. The quantitative estimate of drug-likeness (QED) is 0.150. The second-order valence-corrected chi connectivity index (χ2v) is 19.0. The van der Waals surface area contributed by atoms with Gasteiger partial charge in [-0.3, -0.25) is 9.59 Å². The molecule has 292 valence electrons. The Morgan fingerprint density at radius 2 is 1.85 bits per heavy atom. The summed E-state index contributed by atoms with van der Waals surface area (Å²) in [6.45, 7) is 7.97. The lowest BCUT2D eigenvalue weighted by Gasteiger charge is -2.71. The Kier molecular flexibility index (Phi) is 8.01. The third-order valence-electron chi connectivity index (χ3n) is 16.5. The first-order chi connectivity index (χ1) is 26.0. The number of carbonyl (C=O) groups is 3. The number of carbonyl (C=O) groups excluding carboxylic acids is 3. The number of epoxide rings is 1. The number of Topliss-reactive ketones (excluding diaryl/α,β-unsaturated/α-hetero) is 1. The minimum Gasteiger partial charge on any atom is -0.469 e. The standard InChI is InChI=1S/C43H56N2O9/c1-38(2)34-33(47)35(48)42-27-14-9-8-11-25(27)12-10-18-41(28-17-20-50-29(28)15-7-5-4-6-13-26-22-44-24-45-26)39(3,43(42)36(53-43)37(49)54-41)19-16-30(42)40(34)23-51-32(46)21-31(40)52-38/h17,20,25-27,30-31,34-36,44-45,48H,4-9,11,13-16,18-19,21-24H2,1-3H3. The zero-order chi connectivity index (χ0) is 37.3. The van der Waals surface area contributed by atoms with Crippen LogP contribution in [0.25, 0.3) is 0 Å². The molecule has 9 aliphatic rings. The number of fused-ring (bicyclic) bond motifs is 1. The second-order valence-electron chi connectivity index (χ2n) is 19.0. The van der Waals surface area contributed by atoms with E-state index in [2.05, 4.69) is 29.4 Å². The normalized spacial score (nSPS) is 47.9. The number of furan rings is 1. The molecule has 4 aliphatic carbocycles. The van der Waals surface area contributed by atoms with E-state index in [-0.39, 0.29) is 49.0 Å². The van der Waals surface area contributed by atoms with Crippen LogP contribution in [0, 0.1) is 51.8 Å². The summed E-state index contributed by atoms with van der Waals surface area (Å²) in [6, 6.07) is 2.51. The van der Waals surface area contributed by atoms with Crippen molar-refractivity contribution in [1.82, 2.24) is 10.6 Å². The summed E-state index contributed by atoms with van der Waals surface area (Å²) >= 11 is 0. The van der Waals surface area contributed by atoms with Crippen LogP contribution in [0.3, 0.4) is 0 Å². The largest absolute Gasteiger partial charge is 0.469 e. The van der Waals surface area contributed by atoms with Crippen LogP contribution in [-0.4, -0.2) is 78.2 Å². The number of ether oxygens (including phenoxy) is 4. The topological polar surface area (TPSA) is 149 Å². The Morgan fingerprint density at radius 3 is 2.69 bits per heavy atom. The SMILES string of the molecule is CC1(C)OC2CC(=O)OCC23C1C(=O)C(O)C12C4CCCCC4C#CCC4(c5ccoc5CCCCCCC5CNCN5)OC(=O)C5OC51C4(C)CCC32. The van der Waals surface area contributed by atoms with E-state index in [1.807, 2.05) is 19.9 Å². The first kappa shape index (κ1) is 35.6. The van der Waals surface area contributed by atoms with Crippen molar-refractivity contribution < 1.29 is 42.9 Å². The van der Waals surface area contributed by atoms with Gasteiger partial charge in [0.1, 0.15) is 24.1 Å². The van der Waals surface area contributed by atoms with E-state index in [0.717, 1.165) is 82.3 Å². The van der Waals surface area contributed by atoms with Crippen LogP contribution in [-0.2, 0) is 45.4 Å². The van der Waals surface area contributed by atoms with E-state index in [1.54, 1.807) is 6.26 Å². The number of cyclic esters (lactones) is 1. The predicted octanol–water partition coefficient (Wildman–Crippen LogP) is 4.47. The molecule has 1 aromatic heterocycles. The average molecular weight is 745 g/mol. The van der Waals surface area contributed by atoms with Crippen LogP contribution in [0.2, 0.25) is 0 Å². The minimum absolute atomic E-state index is 0.0471. The molecule has 10 rings (SSSR count). The number of aliphatic hydroxyl groups excluding tert-OH is 1. The molecule has 54 heavy (non-hydrogen) atoms. The molecule has 11 heteroatoms. The molecular formula is C43H56N2O9. The van der Waals surface area contributed by atoms with Crippen molar-refractivity contribution in [2.75, 3.05) is 19.8 Å². The highest BCUT2D eigenvalue weighted by Gasteiger charge is 2.95. The molecule has 8 fully saturated rings. The van der Waals surface area contributed by atoms with Gasteiger partial charge in [0.15, 0.2) is 17.5 Å². The molecule has 1 aromatic rings. The average Bonchev–Trinajstić information content (AvgIpc) is 3.40. The van der Waals surface area contributed by atoms with Gasteiger partial charge < -0.3 is 39.1 Å². The molecule has 3 spiro atoms. The number of nitrogens with one attached hydrogen (secondary N) is 2. The summed E-state index contributed by atoms with van der Waals surface area (Å²) in [5, 5.41) is 20.0. The van der Waals surface area contributed by atoms with Crippen LogP contribution in [0.5, 0.6) is 0 Å². The zero-order valence-electron chi connectivity index (χ0n) is 32.0. The highest BCUT2D eigenvalue weighted by Crippen LogP contribution is 2.84. The number of ketones is 1. The fraction of sp³-hybridized carbons (Fsp3) is 0.791. The van der Waals surface area contributed by atoms with Crippen LogP contribution in [0.15, 0.2) is 16.7 Å². The first-order valence-electron chi connectivity index (χ1n) is 20.9. The van der Waals surface area contributed by atoms with Crippen molar-refractivity contribution in [2.45, 2.75) is 152 Å². The van der Waals surface area contributed by atoms with Gasteiger partial charge in [-0.25, -0.2) is 4.79 Å². The lowest BCUT2D eigenvalue weighted by Crippen LogP contribution is -2.81. The van der Waals surface area contributed by atoms with Gasteiger partial charge in [-0.15, -0.1) is 0 Å². The van der Waals surface area contributed by atoms with Gasteiger partial charge in [0.25, 0.3) is 0 Å². The smallest absolute Gasteiger partial charge is 0.339 e. The molecule has 4 bridgehead atoms. The van der Waals surface area contributed by atoms with Crippen molar-refractivity contribution >= 4 is 17.7 Å². The van der Waals surface area contributed by atoms with Gasteiger partial charge >= 0.3 is 11.9 Å². The van der Waals surface area contributed by atoms with Gasteiger partial charge in [0, 0.05) is 53.4 Å². The maximum Gasteiger partial charge on any atom is 0.339 e. The van der Waals surface area contributed by atoms with Crippen LogP contribution in [0.1, 0.15) is 116 Å². The van der Waals surface area contributed by atoms with Crippen LogP contribution >= 0.6 is 0 Å². The molecule has 6 heterocycles. The molecule has 0 aromatic carbocycles. The maximum atomic E-state index is 15.3. The number of hydrogen-bond donors (Lipinski definition) is 3. The van der Waals surface area contributed by atoms with Gasteiger partial charge in [0.05, 0.1) is 36.7 Å². The molecule has 0 amide bonds. The van der Waals surface area contributed by atoms with E-state index in [0.29, 0.717) is 25.3 Å². The van der Waals surface area contributed by atoms with Crippen LogP contribution < -0.4 is 10.6 Å². The van der Waals surface area contributed by atoms with Crippen molar-refractivity contribution in [3.63, 3.8) is 0 Å². The number of esters is 2. The zero-order valence-corrected chi connectivity index (χ0v) is 32.0. The van der Waals surface area contributed by atoms with Crippen molar-refractivity contribution in [3.8, 4) is 11.8 Å². The first-order valence-corrected chi connectivity index (χ1v) is 20.9. The number of unbranched alkanes of at least 4 members (excludes halogenated alkanes) is 3. The summed E-state index contributed by atoms with van der Waals surface area (Å²) in [7, 11) is 0. The van der Waals surface area contributed by atoms with Crippen LogP contribution in [0.4, 0.5) is 0 Å². The van der Waals surface area contributed by atoms with Crippen molar-refractivity contribution in [2.24, 2.45) is 39.9 Å². The van der Waals surface area contributed by atoms with E-state index < -0.39 is 63.2 Å². The van der Waals surface area contributed by atoms with Gasteiger partial charge in [-0.05, 0) is 70.3 Å². The molecule has 0 radical (unpaired) electrons. The van der Waals surface area contributed by atoms with Crippen molar-refractivity contribution in [1.29, 1.82) is 0 Å². The summed E-state index contributed by atoms with van der Waals surface area (Å²) in [5.74, 6) is 5.68. The van der Waals surface area contributed by atoms with E-state index >= 15 is 4.79 Å². The monoisotopic (exact) mass is 744 g/mol. The lowest BCUT2D eigenvalue weighted by atomic mass is 9.31. The number of rotatable bonds is 8. The number of aliphatic hydroxyl groups is 1. The fourth-order valence-corrected chi connectivity index (χ4v) is 14.6. The van der Waals surface area contributed by atoms with Gasteiger partial charge in [-0.1, -0.05) is 50.9 Å².